The van der Waals surface area contributed by atoms with Gasteiger partial charge in [0.2, 0.25) is 0 Å². The Morgan fingerprint density at radius 2 is 0.830 bits per heavy atom. The molecule has 0 bridgehead atoms. The van der Waals surface area contributed by atoms with Crippen LogP contribution in [0, 0.1) is 0 Å². The van der Waals surface area contributed by atoms with E-state index in [1.54, 1.807) is 0 Å². The SMILES string of the molecule is c1ccc(-c2cc(-c3ccccc3)cc(-c3cc(-c4ccc(-c5ccc6c(c5)Oc5cccc7cccc-6c57)cc4)nc(-c4ccccc4)n3)c2)cc1. The molecule has 3 nitrogen and oxygen atoms in total. The molecule has 53 heavy (non-hydrogen) atoms. The second-order valence-corrected chi connectivity index (χ2v) is 13.4. The minimum Gasteiger partial charge on any atom is -0.456 e. The number of fused-ring (bicyclic) bond motifs is 2. The molecule has 0 saturated heterocycles. The van der Waals surface area contributed by atoms with E-state index in [-0.39, 0.29) is 0 Å². The van der Waals surface area contributed by atoms with Crippen LogP contribution in [-0.4, -0.2) is 9.97 Å². The first kappa shape index (κ1) is 30.7. The van der Waals surface area contributed by atoms with E-state index in [1.165, 1.54) is 16.3 Å². The molecule has 0 amide bonds. The summed E-state index contributed by atoms with van der Waals surface area (Å²) in [7, 11) is 0. The van der Waals surface area contributed by atoms with Crippen LogP contribution in [-0.2, 0) is 0 Å². The topological polar surface area (TPSA) is 35.0 Å². The van der Waals surface area contributed by atoms with Gasteiger partial charge >= 0.3 is 0 Å². The summed E-state index contributed by atoms with van der Waals surface area (Å²) in [6.45, 7) is 0. The predicted octanol–water partition coefficient (Wildman–Crippen LogP) is 13.4. The van der Waals surface area contributed by atoms with Gasteiger partial charge in [0, 0.05) is 27.6 Å². The van der Waals surface area contributed by atoms with Gasteiger partial charge in [-0.1, -0.05) is 152 Å². The molecule has 0 spiro atoms. The fraction of sp³-hybridized carbons (Fsp3) is 0. The summed E-state index contributed by atoms with van der Waals surface area (Å²) >= 11 is 0. The minimum atomic E-state index is 0.690. The van der Waals surface area contributed by atoms with Crippen molar-refractivity contribution in [3.63, 3.8) is 0 Å². The van der Waals surface area contributed by atoms with Gasteiger partial charge in [0.15, 0.2) is 5.82 Å². The molecule has 0 atom stereocenters. The molecule has 3 heteroatoms. The van der Waals surface area contributed by atoms with Crippen LogP contribution in [0.15, 0.2) is 194 Å². The lowest BCUT2D eigenvalue weighted by Crippen LogP contribution is -1.97. The third-order valence-electron chi connectivity index (χ3n) is 10.1. The molecular weight excluding hydrogens is 645 g/mol. The Bertz CT molecular complexity index is 2710. The molecular formula is C50H32N2O. The van der Waals surface area contributed by atoms with Crippen LogP contribution < -0.4 is 4.74 Å². The molecule has 0 saturated carbocycles. The van der Waals surface area contributed by atoms with E-state index in [0.717, 1.165) is 78.5 Å². The molecule has 1 aliphatic rings. The third kappa shape index (κ3) is 5.75. The van der Waals surface area contributed by atoms with Crippen LogP contribution >= 0.6 is 0 Å². The third-order valence-corrected chi connectivity index (χ3v) is 10.1. The van der Waals surface area contributed by atoms with Crippen molar-refractivity contribution in [1.82, 2.24) is 9.97 Å². The van der Waals surface area contributed by atoms with Crippen LogP contribution in [0.2, 0.25) is 0 Å². The first-order valence-electron chi connectivity index (χ1n) is 17.9. The quantitative estimate of drug-likeness (QED) is 0.176. The highest BCUT2D eigenvalue weighted by Crippen LogP contribution is 2.47. The smallest absolute Gasteiger partial charge is 0.160 e. The zero-order valence-corrected chi connectivity index (χ0v) is 28.8. The molecule has 9 aromatic rings. The molecule has 0 unspecified atom stereocenters. The molecule has 1 aromatic heterocycles. The molecule has 0 aliphatic carbocycles. The number of ether oxygens (including phenoxy) is 1. The van der Waals surface area contributed by atoms with Crippen LogP contribution in [0.5, 0.6) is 11.5 Å². The molecule has 0 radical (unpaired) electrons. The molecule has 0 N–H and O–H groups in total. The molecule has 10 rings (SSSR count). The largest absolute Gasteiger partial charge is 0.456 e. The fourth-order valence-electron chi connectivity index (χ4n) is 7.41. The van der Waals surface area contributed by atoms with Gasteiger partial charge in [-0.2, -0.15) is 0 Å². The van der Waals surface area contributed by atoms with Crippen molar-refractivity contribution in [1.29, 1.82) is 0 Å². The van der Waals surface area contributed by atoms with Gasteiger partial charge in [0.25, 0.3) is 0 Å². The highest BCUT2D eigenvalue weighted by Gasteiger charge is 2.20. The Balaban J connectivity index is 1.06. The zero-order chi connectivity index (χ0) is 35.1. The summed E-state index contributed by atoms with van der Waals surface area (Å²) in [6.07, 6.45) is 0. The van der Waals surface area contributed by atoms with E-state index in [1.807, 2.05) is 18.2 Å². The number of hydrogen-bond donors (Lipinski definition) is 0. The summed E-state index contributed by atoms with van der Waals surface area (Å²) < 4.78 is 6.47. The minimum absolute atomic E-state index is 0.690. The van der Waals surface area contributed by atoms with Gasteiger partial charge in [0.1, 0.15) is 11.5 Å². The van der Waals surface area contributed by atoms with Gasteiger partial charge in [-0.05, 0) is 86.8 Å². The average molecular weight is 677 g/mol. The summed E-state index contributed by atoms with van der Waals surface area (Å²) in [5.74, 6) is 2.46. The number of nitrogens with zero attached hydrogens (tertiary/aromatic N) is 2. The van der Waals surface area contributed by atoms with E-state index in [9.17, 15) is 0 Å². The lowest BCUT2D eigenvalue weighted by atomic mass is 9.92. The first-order chi connectivity index (χ1) is 26.2. The summed E-state index contributed by atoms with van der Waals surface area (Å²) in [4.78, 5) is 10.3. The highest BCUT2D eigenvalue weighted by molar-refractivity contribution is 6.04. The van der Waals surface area contributed by atoms with Crippen molar-refractivity contribution in [3.05, 3.63) is 194 Å². The lowest BCUT2D eigenvalue weighted by Gasteiger charge is -2.22. The van der Waals surface area contributed by atoms with Crippen LogP contribution in [0.1, 0.15) is 0 Å². The molecule has 0 fully saturated rings. The monoisotopic (exact) mass is 676 g/mol. The van der Waals surface area contributed by atoms with Crippen molar-refractivity contribution in [2.45, 2.75) is 0 Å². The Labute approximate surface area is 308 Å². The van der Waals surface area contributed by atoms with Crippen LogP contribution in [0.25, 0.3) is 89.2 Å². The van der Waals surface area contributed by atoms with Gasteiger partial charge in [0.05, 0.1) is 11.4 Å². The molecule has 8 aromatic carbocycles. The number of benzene rings is 8. The Morgan fingerprint density at radius 3 is 1.49 bits per heavy atom. The number of hydrogen-bond acceptors (Lipinski definition) is 3. The van der Waals surface area contributed by atoms with Crippen molar-refractivity contribution in [2.24, 2.45) is 0 Å². The second-order valence-electron chi connectivity index (χ2n) is 13.4. The maximum absolute atomic E-state index is 6.47. The van der Waals surface area contributed by atoms with E-state index in [4.69, 9.17) is 14.7 Å². The lowest BCUT2D eigenvalue weighted by molar-refractivity contribution is 0.487. The first-order valence-corrected chi connectivity index (χ1v) is 17.9. The molecule has 248 valence electrons. The second kappa shape index (κ2) is 12.9. The normalized spacial score (nSPS) is 11.5. The predicted molar refractivity (Wildman–Crippen MR) is 218 cm³/mol. The van der Waals surface area contributed by atoms with Gasteiger partial charge < -0.3 is 4.74 Å². The Hall–Kier alpha value is -7.10. The van der Waals surface area contributed by atoms with Crippen molar-refractivity contribution >= 4 is 10.8 Å². The van der Waals surface area contributed by atoms with Crippen molar-refractivity contribution < 1.29 is 4.74 Å². The Morgan fingerprint density at radius 1 is 0.302 bits per heavy atom. The van der Waals surface area contributed by atoms with Crippen LogP contribution in [0.3, 0.4) is 0 Å². The van der Waals surface area contributed by atoms with Crippen molar-refractivity contribution in [2.75, 3.05) is 0 Å². The molecule has 1 aliphatic heterocycles. The maximum atomic E-state index is 6.47. The van der Waals surface area contributed by atoms with E-state index in [2.05, 4.69) is 176 Å². The number of rotatable bonds is 6. The number of aromatic nitrogens is 2. The summed E-state index contributed by atoms with van der Waals surface area (Å²) in [5, 5.41) is 2.36. The van der Waals surface area contributed by atoms with Crippen molar-refractivity contribution in [3.8, 4) is 89.9 Å². The highest BCUT2D eigenvalue weighted by atomic mass is 16.5. The van der Waals surface area contributed by atoms with E-state index >= 15 is 0 Å². The van der Waals surface area contributed by atoms with Gasteiger partial charge in [-0.25, -0.2) is 9.97 Å². The summed E-state index contributed by atoms with van der Waals surface area (Å²) in [6, 6.07) is 68.0. The summed E-state index contributed by atoms with van der Waals surface area (Å²) in [5.41, 5.74) is 13.9. The Kier molecular flexibility index (Phi) is 7.47. The van der Waals surface area contributed by atoms with E-state index in [0.29, 0.717) is 5.82 Å². The molecule has 2 heterocycles. The fourth-order valence-corrected chi connectivity index (χ4v) is 7.41. The average Bonchev–Trinajstić information content (AvgIpc) is 3.24. The standard InChI is InChI=1S/C50H32N2O/c1-4-12-33(13-5-1)40-28-41(34-14-6-2-7-15-34)30-42(29-40)46-32-45(51-50(52-46)38-16-8-3-9-17-38)36-24-22-35(23-25-36)39-26-27-43-44-20-10-18-37-19-11-21-47(49(37)44)53-48(43)31-39/h1-32H. The van der Waals surface area contributed by atoms with Crippen LogP contribution in [0.4, 0.5) is 0 Å². The van der Waals surface area contributed by atoms with E-state index < -0.39 is 0 Å². The van der Waals surface area contributed by atoms with Gasteiger partial charge in [-0.15, -0.1) is 0 Å². The zero-order valence-electron chi connectivity index (χ0n) is 28.8. The van der Waals surface area contributed by atoms with Gasteiger partial charge in [-0.3, -0.25) is 0 Å². The maximum Gasteiger partial charge on any atom is 0.160 e.